The summed E-state index contributed by atoms with van der Waals surface area (Å²) in [6, 6.07) is 5.54. The van der Waals surface area contributed by atoms with Crippen LogP contribution in [0.15, 0.2) is 30.6 Å². The fraction of sp³-hybridized carbons (Fsp3) is 0. The van der Waals surface area contributed by atoms with Gasteiger partial charge in [0.15, 0.2) is 5.69 Å². The Hall–Kier alpha value is -2.47. The highest BCUT2D eigenvalue weighted by atomic mass is 35.5. The number of rotatable bonds is 3. The van der Waals surface area contributed by atoms with Gasteiger partial charge in [-0.1, -0.05) is 17.7 Å². The summed E-state index contributed by atoms with van der Waals surface area (Å²) in [4.78, 5) is 29.1. The number of halogens is 1. The molecule has 0 atom stereocenters. The molecule has 96 valence electrons. The van der Waals surface area contributed by atoms with Crippen molar-refractivity contribution in [1.82, 2.24) is 9.97 Å². The highest BCUT2D eigenvalue weighted by Gasteiger charge is 2.12. The van der Waals surface area contributed by atoms with Crippen molar-refractivity contribution in [3.8, 4) is 11.3 Å². The first-order chi connectivity index (χ1) is 8.99. The molecule has 6 nitrogen and oxygen atoms in total. The number of carboxylic acid groups (broad SMARTS) is 2. The Bertz CT molecular complexity index is 673. The Kier molecular flexibility index (Phi) is 3.43. The van der Waals surface area contributed by atoms with Crippen LogP contribution >= 0.6 is 11.6 Å². The van der Waals surface area contributed by atoms with E-state index in [1.54, 1.807) is 0 Å². The van der Waals surface area contributed by atoms with Crippen LogP contribution < -0.4 is 0 Å². The van der Waals surface area contributed by atoms with Gasteiger partial charge in [0.25, 0.3) is 0 Å². The third-order valence-electron chi connectivity index (χ3n) is 2.38. The van der Waals surface area contributed by atoms with E-state index < -0.39 is 11.9 Å². The van der Waals surface area contributed by atoms with Gasteiger partial charge in [-0.2, -0.15) is 0 Å². The van der Waals surface area contributed by atoms with Crippen molar-refractivity contribution in [2.45, 2.75) is 0 Å². The molecule has 0 saturated heterocycles. The van der Waals surface area contributed by atoms with Crippen LogP contribution in [0.2, 0.25) is 5.02 Å². The smallest absolute Gasteiger partial charge is 0.354 e. The molecule has 1 aromatic heterocycles. The molecule has 0 bridgehead atoms. The van der Waals surface area contributed by atoms with Gasteiger partial charge in [-0.25, -0.2) is 19.6 Å². The van der Waals surface area contributed by atoms with Gasteiger partial charge < -0.3 is 10.2 Å². The SMILES string of the molecule is O=C(O)c1cc(-c2ccc(C(=O)O)c(Cl)c2)ncn1. The first-order valence-electron chi connectivity index (χ1n) is 5.07. The first-order valence-corrected chi connectivity index (χ1v) is 5.45. The molecule has 0 unspecified atom stereocenters. The Morgan fingerprint density at radius 3 is 2.37 bits per heavy atom. The number of benzene rings is 1. The number of carboxylic acids is 2. The summed E-state index contributed by atoms with van der Waals surface area (Å²) >= 11 is 5.84. The van der Waals surface area contributed by atoms with Crippen LogP contribution in [0, 0.1) is 0 Å². The van der Waals surface area contributed by atoms with E-state index in [2.05, 4.69) is 9.97 Å². The highest BCUT2D eigenvalue weighted by molar-refractivity contribution is 6.33. The van der Waals surface area contributed by atoms with Crippen molar-refractivity contribution in [3.05, 3.63) is 46.9 Å². The topological polar surface area (TPSA) is 100 Å². The number of hydrogen-bond acceptors (Lipinski definition) is 4. The molecule has 0 fully saturated rings. The van der Waals surface area contributed by atoms with Gasteiger partial charge in [-0.05, 0) is 18.2 Å². The molecule has 0 spiro atoms. The van der Waals surface area contributed by atoms with Crippen molar-refractivity contribution >= 4 is 23.5 Å². The van der Waals surface area contributed by atoms with E-state index in [0.717, 1.165) is 6.33 Å². The van der Waals surface area contributed by atoms with Gasteiger partial charge in [-0.15, -0.1) is 0 Å². The zero-order chi connectivity index (χ0) is 14.0. The van der Waals surface area contributed by atoms with Crippen LogP contribution in [0.25, 0.3) is 11.3 Å². The van der Waals surface area contributed by atoms with Crippen LogP contribution in [0.1, 0.15) is 20.8 Å². The average molecular weight is 279 g/mol. The molecule has 2 rings (SSSR count). The van der Waals surface area contributed by atoms with E-state index >= 15 is 0 Å². The molecule has 0 aliphatic carbocycles. The van der Waals surface area contributed by atoms with Gasteiger partial charge in [0.1, 0.15) is 6.33 Å². The Morgan fingerprint density at radius 2 is 1.79 bits per heavy atom. The monoisotopic (exact) mass is 278 g/mol. The predicted molar refractivity (Wildman–Crippen MR) is 66.4 cm³/mol. The fourth-order valence-corrected chi connectivity index (χ4v) is 1.74. The van der Waals surface area contributed by atoms with Crippen molar-refractivity contribution < 1.29 is 19.8 Å². The normalized spacial score (nSPS) is 10.2. The van der Waals surface area contributed by atoms with Gasteiger partial charge in [0, 0.05) is 5.56 Å². The van der Waals surface area contributed by atoms with E-state index in [4.69, 9.17) is 21.8 Å². The first kappa shape index (κ1) is 13.0. The minimum absolute atomic E-state index is 0.0297. The molecule has 0 radical (unpaired) electrons. The van der Waals surface area contributed by atoms with Crippen molar-refractivity contribution in [3.63, 3.8) is 0 Å². The molecular weight excluding hydrogens is 272 g/mol. The summed E-state index contributed by atoms with van der Waals surface area (Å²) in [5, 5.41) is 17.7. The van der Waals surface area contributed by atoms with Crippen LogP contribution in [-0.4, -0.2) is 32.1 Å². The molecule has 0 amide bonds. The summed E-state index contributed by atoms with van der Waals surface area (Å²) in [6.45, 7) is 0. The lowest BCUT2D eigenvalue weighted by Gasteiger charge is -2.04. The van der Waals surface area contributed by atoms with E-state index in [9.17, 15) is 9.59 Å². The lowest BCUT2D eigenvalue weighted by Crippen LogP contribution is -2.01. The van der Waals surface area contributed by atoms with Crippen LogP contribution in [0.3, 0.4) is 0 Å². The second kappa shape index (κ2) is 5.03. The van der Waals surface area contributed by atoms with Crippen LogP contribution in [0.5, 0.6) is 0 Å². The molecule has 7 heteroatoms. The third-order valence-corrected chi connectivity index (χ3v) is 2.69. The minimum atomic E-state index is -1.17. The lowest BCUT2D eigenvalue weighted by atomic mass is 10.1. The van der Waals surface area contributed by atoms with Crippen LogP contribution in [0.4, 0.5) is 0 Å². The van der Waals surface area contributed by atoms with Gasteiger partial charge in [0.05, 0.1) is 16.3 Å². The maximum atomic E-state index is 10.8. The predicted octanol–water partition coefficient (Wildman–Crippen LogP) is 2.19. The van der Waals surface area contributed by atoms with E-state index in [1.807, 2.05) is 0 Å². The summed E-state index contributed by atoms with van der Waals surface area (Å²) in [6.07, 6.45) is 1.12. The average Bonchev–Trinajstić information content (AvgIpc) is 2.38. The quantitative estimate of drug-likeness (QED) is 0.892. The molecule has 19 heavy (non-hydrogen) atoms. The largest absolute Gasteiger partial charge is 0.478 e. The van der Waals surface area contributed by atoms with E-state index in [1.165, 1.54) is 24.3 Å². The number of nitrogens with zero attached hydrogens (tertiary/aromatic N) is 2. The van der Waals surface area contributed by atoms with E-state index in [-0.39, 0.29) is 16.3 Å². The van der Waals surface area contributed by atoms with Crippen molar-refractivity contribution in [2.75, 3.05) is 0 Å². The summed E-state index contributed by atoms with van der Waals surface area (Å²) in [7, 11) is 0. The minimum Gasteiger partial charge on any atom is -0.478 e. The van der Waals surface area contributed by atoms with Crippen LogP contribution in [-0.2, 0) is 0 Å². The van der Waals surface area contributed by atoms with Gasteiger partial charge in [0.2, 0.25) is 0 Å². The Labute approximate surface area is 112 Å². The highest BCUT2D eigenvalue weighted by Crippen LogP contribution is 2.24. The van der Waals surface area contributed by atoms with Crippen molar-refractivity contribution in [1.29, 1.82) is 0 Å². The van der Waals surface area contributed by atoms with Gasteiger partial charge in [-0.3, -0.25) is 0 Å². The maximum Gasteiger partial charge on any atom is 0.354 e. The number of aromatic nitrogens is 2. The molecule has 2 N–H and O–H groups in total. The number of carbonyl (C=O) groups is 2. The second-order valence-corrected chi connectivity index (χ2v) is 4.00. The molecule has 2 aromatic rings. The van der Waals surface area contributed by atoms with E-state index in [0.29, 0.717) is 11.3 Å². The standard InChI is InChI=1S/C12H7ClN2O4/c13-8-3-6(1-2-7(8)11(16)17)9-4-10(12(18)19)15-5-14-9/h1-5H,(H,16,17)(H,18,19). The summed E-state index contributed by atoms with van der Waals surface area (Å²) in [5.74, 6) is -2.30. The zero-order valence-electron chi connectivity index (χ0n) is 9.37. The van der Waals surface area contributed by atoms with Gasteiger partial charge >= 0.3 is 11.9 Å². The molecule has 1 heterocycles. The number of aromatic carboxylic acids is 2. The van der Waals surface area contributed by atoms with Crippen molar-refractivity contribution in [2.24, 2.45) is 0 Å². The second-order valence-electron chi connectivity index (χ2n) is 3.59. The lowest BCUT2D eigenvalue weighted by molar-refractivity contribution is 0.0682. The summed E-state index contributed by atoms with van der Waals surface area (Å²) < 4.78 is 0. The fourth-order valence-electron chi connectivity index (χ4n) is 1.48. The molecule has 0 aliphatic rings. The Morgan fingerprint density at radius 1 is 1.05 bits per heavy atom. The zero-order valence-corrected chi connectivity index (χ0v) is 10.1. The summed E-state index contributed by atoms with van der Waals surface area (Å²) in [5.41, 5.74) is 0.688. The molecule has 0 saturated carbocycles. The third kappa shape index (κ3) is 2.69. The molecule has 0 aliphatic heterocycles. The maximum absolute atomic E-state index is 10.8. The molecule has 1 aromatic carbocycles. The molecular formula is C12H7ClN2O4. The number of hydrogen-bond donors (Lipinski definition) is 2. The Balaban J connectivity index is 2.48.